The standard InChI is InChI=1S/C12H20F3N3O3/c1-2-3-18(9-12(13,14)15)11(21)17-6-4-16(5-7-17)8-10(19)20/h2-9H2,1H3,(H,19,20). The van der Waals surface area contributed by atoms with Crippen molar-refractivity contribution in [3.8, 4) is 0 Å². The number of aliphatic carboxylic acids is 1. The number of piperazine rings is 1. The molecule has 9 heteroatoms. The fourth-order valence-electron chi connectivity index (χ4n) is 2.22. The summed E-state index contributed by atoms with van der Waals surface area (Å²) in [4.78, 5) is 26.5. The first-order valence-electron chi connectivity index (χ1n) is 6.77. The smallest absolute Gasteiger partial charge is 0.406 e. The van der Waals surface area contributed by atoms with Crippen LogP contribution >= 0.6 is 0 Å². The molecule has 1 heterocycles. The molecule has 21 heavy (non-hydrogen) atoms. The molecule has 1 aliphatic rings. The molecule has 0 atom stereocenters. The summed E-state index contributed by atoms with van der Waals surface area (Å²) in [5.41, 5.74) is 0. The van der Waals surface area contributed by atoms with Crippen LogP contribution in [0.4, 0.5) is 18.0 Å². The van der Waals surface area contributed by atoms with Crippen LogP contribution in [0.1, 0.15) is 13.3 Å². The second-order valence-electron chi connectivity index (χ2n) is 4.98. The third-order valence-electron chi connectivity index (χ3n) is 3.14. The summed E-state index contributed by atoms with van der Waals surface area (Å²) >= 11 is 0. The van der Waals surface area contributed by atoms with E-state index in [2.05, 4.69) is 0 Å². The lowest BCUT2D eigenvalue weighted by Crippen LogP contribution is -2.54. The molecule has 2 amide bonds. The van der Waals surface area contributed by atoms with Gasteiger partial charge in [-0.15, -0.1) is 0 Å². The Labute approximate surface area is 121 Å². The summed E-state index contributed by atoms with van der Waals surface area (Å²) in [5.74, 6) is -0.959. The van der Waals surface area contributed by atoms with Crippen LogP contribution in [-0.2, 0) is 4.79 Å². The Kier molecular flexibility index (Phi) is 6.25. The lowest BCUT2D eigenvalue weighted by Gasteiger charge is -2.37. The minimum Gasteiger partial charge on any atom is -0.480 e. The number of hydrogen-bond acceptors (Lipinski definition) is 3. The number of carbonyl (C=O) groups is 2. The van der Waals surface area contributed by atoms with Gasteiger partial charge in [-0.3, -0.25) is 9.69 Å². The molecule has 0 unspecified atom stereocenters. The highest BCUT2D eigenvalue weighted by molar-refractivity contribution is 5.74. The van der Waals surface area contributed by atoms with Crippen molar-refractivity contribution in [3.63, 3.8) is 0 Å². The molecule has 0 aliphatic carbocycles. The van der Waals surface area contributed by atoms with E-state index in [9.17, 15) is 22.8 Å². The maximum absolute atomic E-state index is 12.5. The van der Waals surface area contributed by atoms with Crippen LogP contribution in [0.2, 0.25) is 0 Å². The van der Waals surface area contributed by atoms with Gasteiger partial charge in [0.15, 0.2) is 0 Å². The van der Waals surface area contributed by atoms with Gasteiger partial charge >= 0.3 is 18.2 Å². The largest absolute Gasteiger partial charge is 0.480 e. The summed E-state index contributed by atoms with van der Waals surface area (Å²) < 4.78 is 37.4. The summed E-state index contributed by atoms with van der Waals surface area (Å²) in [6.45, 7) is 1.57. The highest BCUT2D eigenvalue weighted by atomic mass is 19.4. The number of hydrogen-bond donors (Lipinski definition) is 1. The summed E-state index contributed by atoms with van der Waals surface area (Å²) in [7, 11) is 0. The van der Waals surface area contributed by atoms with Gasteiger partial charge < -0.3 is 14.9 Å². The van der Waals surface area contributed by atoms with Crippen LogP contribution in [-0.4, -0.2) is 83.8 Å². The van der Waals surface area contributed by atoms with Crippen molar-refractivity contribution in [1.82, 2.24) is 14.7 Å². The van der Waals surface area contributed by atoms with E-state index in [0.29, 0.717) is 19.5 Å². The Balaban J connectivity index is 2.55. The van der Waals surface area contributed by atoms with E-state index in [1.807, 2.05) is 0 Å². The molecule has 1 saturated heterocycles. The Morgan fingerprint density at radius 2 is 1.76 bits per heavy atom. The van der Waals surface area contributed by atoms with Crippen molar-refractivity contribution in [3.05, 3.63) is 0 Å². The number of alkyl halides is 3. The van der Waals surface area contributed by atoms with Crippen LogP contribution < -0.4 is 0 Å². The predicted octanol–water partition coefficient (Wildman–Crippen LogP) is 1.08. The summed E-state index contributed by atoms with van der Waals surface area (Å²) in [6.07, 6.45) is -3.98. The maximum Gasteiger partial charge on any atom is 0.406 e. The third kappa shape index (κ3) is 6.19. The van der Waals surface area contributed by atoms with Gasteiger partial charge in [-0.2, -0.15) is 13.2 Å². The van der Waals surface area contributed by atoms with Crippen LogP contribution in [0, 0.1) is 0 Å². The van der Waals surface area contributed by atoms with Gasteiger partial charge in [-0.1, -0.05) is 6.92 Å². The molecule has 122 valence electrons. The molecule has 0 spiro atoms. The Hall–Kier alpha value is -1.51. The Morgan fingerprint density at radius 3 is 2.19 bits per heavy atom. The van der Waals surface area contributed by atoms with Crippen molar-refractivity contribution in [2.75, 3.05) is 45.8 Å². The zero-order chi connectivity index (χ0) is 16.0. The van der Waals surface area contributed by atoms with Crippen molar-refractivity contribution in [2.45, 2.75) is 19.5 Å². The van der Waals surface area contributed by atoms with E-state index in [4.69, 9.17) is 5.11 Å². The number of carbonyl (C=O) groups excluding carboxylic acids is 1. The van der Waals surface area contributed by atoms with Gasteiger partial charge in [-0.05, 0) is 6.42 Å². The fraction of sp³-hybridized carbons (Fsp3) is 0.833. The fourth-order valence-corrected chi connectivity index (χ4v) is 2.22. The van der Waals surface area contributed by atoms with E-state index in [1.165, 1.54) is 4.90 Å². The lowest BCUT2D eigenvalue weighted by molar-refractivity contribution is -0.142. The number of amides is 2. The van der Waals surface area contributed by atoms with E-state index < -0.39 is 24.7 Å². The summed E-state index contributed by atoms with van der Waals surface area (Å²) in [6, 6.07) is -0.635. The second kappa shape index (κ2) is 7.48. The molecule has 0 bridgehead atoms. The average molecular weight is 311 g/mol. The third-order valence-corrected chi connectivity index (χ3v) is 3.14. The number of carboxylic acids is 1. The van der Waals surface area contributed by atoms with E-state index in [-0.39, 0.29) is 26.2 Å². The minimum atomic E-state index is -4.42. The molecule has 0 aromatic carbocycles. The SMILES string of the molecule is CCCN(CC(F)(F)F)C(=O)N1CCN(CC(=O)O)CC1. The van der Waals surface area contributed by atoms with E-state index in [0.717, 1.165) is 4.90 Å². The van der Waals surface area contributed by atoms with Crippen LogP contribution in [0.25, 0.3) is 0 Å². The van der Waals surface area contributed by atoms with Gasteiger partial charge in [-0.25, -0.2) is 4.79 Å². The van der Waals surface area contributed by atoms with Crippen molar-refractivity contribution < 1.29 is 27.9 Å². The molecular formula is C12H20F3N3O3. The quantitative estimate of drug-likeness (QED) is 0.825. The molecule has 0 saturated carbocycles. The molecule has 1 rings (SSSR count). The molecule has 1 fully saturated rings. The minimum absolute atomic E-state index is 0.0493. The monoisotopic (exact) mass is 311 g/mol. The van der Waals surface area contributed by atoms with Crippen LogP contribution in [0.3, 0.4) is 0 Å². The van der Waals surface area contributed by atoms with Crippen molar-refractivity contribution >= 4 is 12.0 Å². The van der Waals surface area contributed by atoms with Gasteiger partial charge in [0.05, 0.1) is 6.54 Å². The molecule has 0 aromatic rings. The highest BCUT2D eigenvalue weighted by Gasteiger charge is 2.35. The Bertz CT molecular complexity index is 368. The molecule has 0 aromatic heterocycles. The van der Waals surface area contributed by atoms with Crippen molar-refractivity contribution in [2.24, 2.45) is 0 Å². The van der Waals surface area contributed by atoms with Gasteiger partial charge in [0.2, 0.25) is 0 Å². The number of rotatable bonds is 5. The predicted molar refractivity (Wildman–Crippen MR) is 69.0 cm³/mol. The second-order valence-corrected chi connectivity index (χ2v) is 4.98. The number of carboxylic acid groups (broad SMARTS) is 1. The zero-order valence-electron chi connectivity index (χ0n) is 11.9. The maximum atomic E-state index is 12.5. The topological polar surface area (TPSA) is 64.1 Å². The van der Waals surface area contributed by atoms with Crippen molar-refractivity contribution in [1.29, 1.82) is 0 Å². The highest BCUT2D eigenvalue weighted by Crippen LogP contribution is 2.18. The van der Waals surface area contributed by atoms with Gasteiger partial charge in [0.1, 0.15) is 6.54 Å². The van der Waals surface area contributed by atoms with Crippen LogP contribution in [0.15, 0.2) is 0 Å². The first-order chi connectivity index (χ1) is 9.73. The summed E-state index contributed by atoms with van der Waals surface area (Å²) in [5, 5.41) is 8.67. The average Bonchev–Trinajstić information content (AvgIpc) is 2.36. The normalized spacial score (nSPS) is 16.9. The van der Waals surface area contributed by atoms with Crippen LogP contribution in [0.5, 0.6) is 0 Å². The number of halogens is 3. The number of urea groups is 1. The van der Waals surface area contributed by atoms with E-state index in [1.54, 1.807) is 11.8 Å². The van der Waals surface area contributed by atoms with E-state index >= 15 is 0 Å². The van der Waals surface area contributed by atoms with Gasteiger partial charge in [0, 0.05) is 32.7 Å². The first kappa shape index (κ1) is 17.5. The molecule has 1 aliphatic heterocycles. The molecule has 6 nitrogen and oxygen atoms in total. The first-order valence-corrected chi connectivity index (χ1v) is 6.77. The zero-order valence-corrected chi connectivity index (χ0v) is 11.9. The lowest BCUT2D eigenvalue weighted by atomic mass is 10.3. The molecule has 1 N–H and O–H groups in total. The molecule has 0 radical (unpaired) electrons. The van der Waals surface area contributed by atoms with Gasteiger partial charge in [0.25, 0.3) is 0 Å². The Morgan fingerprint density at radius 1 is 1.19 bits per heavy atom. The molecular weight excluding hydrogens is 291 g/mol. The number of nitrogens with zero attached hydrogens (tertiary/aromatic N) is 3.